The van der Waals surface area contributed by atoms with E-state index in [0.29, 0.717) is 45.4 Å². The highest BCUT2D eigenvalue weighted by molar-refractivity contribution is 5.78. The van der Waals surface area contributed by atoms with Gasteiger partial charge >= 0.3 is 0 Å². The zero-order chi connectivity index (χ0) is 18.0. The second-order valence-electron chi connectivity index (χ2n) is 7.44. The molecule has 3 heterocycles. The Labute approximate surface area is 153 Å². The highest BCUT2D eigenvalue weighted by Gasteiger charge is 2.36. The molecule has 1 aromatic carbocycles. The number of fused-ring (bicyclic) bond motifs is 1. The van der Waals surface area contributed by atoms with Crippen molar-refractivity contribution in [2.45, 2.75) is 38.0 Å². The summed E-state index contributed by atoms with van der Waals surface area (Å²) in [5.74, 6) is 1.11. The number of hydrogen-bond acceptors (Lipinski definition) is 3. The molecule has 2 aliphatic heterocycles. The number of benzene rings is 1. The van der Waals surface area contributed by atoms with Crippen molar-refractivity contribution >= 4 is 5.91 Å². The molecular formula is C20H25FN4O. The van der Waals surface area contributed by atoms with Crippen LogP contribution in [0, 0.1) is 0 Å². The van der Waals surface area contributed by atoms with E-state index in [-0.39, 0.29) is 5.91 Å². The fourth-order valence-corrected chi connectivity index (χ4v) is 3.95. The van der Waals surface area contributed by atoms with Gasteiger partial charge in [-0.05, 0) is 18.4 Å². The van der Waals surface area contributed by atoms with Crippen LogP contribution in [0.1, 0.15) is 24.2 Å². The zero-order valence-corrected chi connectivity index (χ0v) is 15.0. The van der Waals surface area contributed by atoms with Gasteiger partial charge in [0.05, 0.1) is 13.1 Å². The van der Waals surface area contributed by atoms with Gasteiger partial charge in [0.25, 0.3) is 0 Å². The van der Waals surface area contributed by atoms with Gasteiger partial charge in [-0.1, -0.05) is 30.3 Å². The maximum absolute atomic E-state index is 15.1. The maximum Gasteiger partial charge on any atom is 0.236 e. The van der Waals surface area contributed by atoms with E-state index in [0.717, 1.165) is 24.5 Å². The summed E-state index contributed by atoms with van der Waals surface area (Å²) in [5, 5.41) is 0. The van der Waals surface area contributed by atoms with Crippen LogP contribution in [0.3, 0.4) is 0 Å². The van der Waals surface area contributed by atoms with E-state index in [1.165, 1.54) is 0 Å². The lowest BCUT2D eigenvalue weighted by atomic mass is 9.87. The highest BCUT2D eigenvalue weighted by atomic mass is 19.1. The lowest BCUT2D eigenvalue weighted by Crippen LogP contribution is -2.49. The smallest absolute Gasteiger partial charge is 0.236 e. The van der Waals surface area contributed by atoms with E-state index in [1.54, 1.807) is 6.20 Å². The minimum Gasteiger partial charge on any atom is -0.341 e. The fourth-order valence-electron chi connectivity index (χ4n) is 3.95. The van der Waals surface area contributed by atoms with Crippen LogP contribution in [0.4, 0.5) is 4.39 Å². The van der Waals surface area contributed by atoms with Crippen molar-refractivity contribution in [1.82, 2.24) is 19.4 Å². The molecule has 6 heteroatoms. The number of imidazole rings is 1. The standard InChI is InChI=1S/C20H25FN4O/c21-20(14-17-4-2-1-3-5-17)6-9-25(10-7-20)19(26)16-23-12-13-24-11-8-22-18(24)15-23/h1-5,8,11H,6-7,9-10,12-16H2. The predicted molar refractivity (Wildman–Crippen MR) is 97.3 cm³/mol. The third-order valence-corrected chi connectivity index (χ3v) is 5.56. The molecule has 4 rings (SSSR count). The van der Waals surface area contributed by atoms with Gasteiger partial charge in [0.2, 0.25) is 5.91 Å². The lowest BCUT2D eigenvalue weighted by molar-refractivity contribution is -0.135. The van der Waals surface area contributed by atoms with Gasteiger partial charge in [-0.3, -0.25) is 9.69 Å². The third kappa shape index (κ3) is 3.80. The Morgan fingerprint density at radius 2 is 1.88 bits per heavy atom. The van der Waals surface area contributed by atoms with Gasteiger partial charge in [-0.2, -0.15) is 0 Å². The second-order valence-corrected chi connectivity index (χ2v) is 7.44. The number of likely N-dealkylation sites (tertiary alicyclic amines) is 1. The van der Waals surface area contributed by atoms with Gasteiger partial charge in [-0.15, -0.1) is 0 Å². The Kier molecular flexibility index (Phi) is 4.76. The number of nitrogens with zero attached hydrogens (tertiary/aromatic N) is 4. The van der Waals surface area contributed by atoms with Crippen LogP contribution in [0.15, 0.2) is 42.7 Å². The predicted octanol–water partition coefficient (Wildman–Crippen LogP) is 2.27. The van der Waals surface area contributed by atoms with Crippen LogP contribution in [-0.2, 0) is 24.3 Å². The number of halogens is 1. The van der Waals surface area contributed by atoms with E-state index >= 15 is 4.39 Å². The number of aromatic nitrogens is 2. The number of hydrogen-bond donors (Lipinski definition) is 0. The van der Waals surface area contributed by atoms with E-state index in [9.17, 15) is 4.79 Å². The molecule has 0 radical (unpaired) electrons. The van der Waals surface area contributed by atoms with E-state index < -0.39 is 5.67 Å². The number of piperidine rings is 1. The molecule has 138 valence electrons. The highest BCUT2D eigenvalue weighted by Crippen LogP contribution is 2.30. The van der Waals surface area contributed by atoms with Crippen LogP contribution < -0.4 is 0 Å². The molecular weight excluding hydrogens is 331 g/mol. The summed E-state index contributed by atoms with van der Waals surface area (Å²) in [6.45, 7) is 3.82. The number of carbonyl (C=O) groups is 1. The average Bonchev–Trinajstić information content (AvgIpc) is 3.10. The number of amides is 1. The number of alkyl halides is 1. The summed E-state index contributed by atoms with van der Waals surface area (Å²) < 4.78 is 17.3. The van der Waals surface area contributed by atoms with Gasteiger partial charge in [-0.25, -0.2) is 9.37 Å². The summed E-state index contributed by atoms with van der Waals surface area (Å²) in [6.07, 6.45) is 5.05. The molecule has 2 aromatic rings. The van der Waals surface area contributed by atoms with E-state index in [2.05, 4.69) is 14.5 Å². The third-order valence-electron chi connectivity index (χ3n) is 5.56. The molecule has 0 bridgehead atoms. The lowest BCUT2D eigenvalue weighted by Gasteiger charge is -2.37. The van der Waals surface area contributed by atoms with E-state index in [1.807, 2.05) is 41.4 Å². The quantitative estimate of drug-likeness (QED) is 0.844. The number of rotatable bonds is 4. The van der Waals surface area contributed by atoms with Crippen LogP contribution in [0.5, 0.6) is 0 Å². The van der Waals surface area contributed by atoms with Crippen molar-refractivity contribution in [2.75, 3.05) is 26.2 Å². The molecule has 1 amide bonds. The molecule has 5 nitrogen and oxygen atoms in total. The molecule has 0 atom stereocenters. The molecule has 0 N–H and O–H groups in total. The summed E-state index contributed by atoms with van der Waals surface area (Å²) in [7, 11) is 0. The normalized spacial score (nSPS) is 20.0. The Morgan fingerprint density at radius 3 is 2.65 bits per heavy atom. The van der Waals surface area contributed by atoms with Crippen LogP contribution in [0.25, 0.3) is 0 Å². The maximum atomic E-state index is 15.1. The summed E-state index contributed by atoms with van der Waals surface area (Å²) >= 11 is 0. The zero-order valence-electron chi connectivity index (χ0n) is 15.0. The molecule has 1 saturated heterocycles. The summed E-state index contributed by atoms with van der Waals surface area (Å²) in [6, 6.07) is 9.78. The Hall–Kier alpha value is -2.21. The SMILES string of the molecule is O=C(CN1CCn2ccnc2C1)N1CCC(F)(Cc2ccccc2)CC1. The second kappa shape index (κ2) is 7.19. The Balaban J connectivity index is 1.28. The van der Waals surface area contributed by atoms with Gasteiger partial charge < -0.3 is 9.47 Å². The van der Waals surface area contributed by atoms with Crippen molar-refractivity contribution < 1.29 is 9.18 Å². The van der Waals surface area contributed by atoms with Crippen molar-refractivity contribution in [3.63, 3.8) is 0 Å². The van der Waals surface area contributed by atoms with Crippen molar-refractivity contribution in [2.24, 2.45) is 0 Å². The molecule has 1 aromatic heterocycles. The Morgan fingerprint density at radius 1 is 1.12 bits per heavy atom. The minimum atomic E-state index is -1.20. The fraction of sp³-hybridized carbons (Fsp3) is 0.500. The number of carbonyl (C=O) groups excluding carboxylic acids is 1. The topological polar surface area (TPSA) is 41.4 Å². The molecule has 0 saturated carbocycles. The molecule has 0 spiro atoms. The molecule has 26 heavy (non-hydrogen) atoms. The first kappa shape index (κ1) is 17.2. The molecule has 1 fully saturated rings. The van der Waals surface area contributed by atoms with Crippen molar-refractivity contribution in [3.8, 4) is 0 Å². The first-order valence-corrected chi connectivity index (χ1v) is 9.34. The molecule has 0 unspecified atom stereocenters. The summed E-state index contributed by atoms with van der Waals surface area (Å²) in [5.41, 5.74) is -0.174. The first-order chi connectivity index (χ1) is 12.6. The minimum absolute atomic E-state index is 0.103. The molecule has 2 aliphatic rings. The Bertz CT molecular complexity index is 752. The van der Waals surface area contributed by atoms with Crippen molar-refractivity contribution in [1.29, 1.82) is 0 Å². The van der Waals surface area contributed by atoms with E-state index in [4.69, 9.17) is 0 Å². The van der Waals surface area contributed by atoms with Gasteiger partial charge in [0.1, 0.15) is 11.5 Å². The van der Waals surface area contributed by atoms with Crippen LogP contribution in [-0.4, -0.2) is 57.1 Å². The monoisotopic (exact) mass is 356 g/mol. The first-order valence-electron chi connectivity index (χ1n) is 9.34. The molecule has 0 aliphatic carbocycles. The van der Waals surface area contributed by atoms with Crippen LogP contribution in [0.2, 0.25) is 0 Å². The van der Waals surface area contributed by atoms with Gasteiger partial charge in [0.15, 0.2) is 0 Å². The summed E-state index contributed by atoms with van der Waals surface area (Å²) in [4.78, 5) is 20.9. The van der Waals surface area contributed by atoms with Gasteiger partial charge in [0, 0.05) is 45.0 Å². The van der Waals surface area contributed by atoms with Crippen molar-refractivity contribution in [3.05, 3.63) is 54.1 Å². The van der Waals surface area contributed by atoms with Crippen LogP contribution >= 0.6 is 0 Å². The average molecular weight is 356 g/mol. The largest absolute Gasteiger partial charge is 0.341 e.